The second-order valence-electron chi connectivity index (χ2n) is 7.45. The highest BCUT2D eigenvalue weighted by atomic mass is 35.5. The quantitative estimate of drug-likeness (QED) is 0.338. The minimum Gasteiger partial charge on any atom is -0.293 e. The van der Waals surface area contributed by atoms with Gasteiger partial charge in [-0.25, -0.2) is 0 Å². The summed E-state index contributed by atoms with van der Waals surface area (Å²) < 4.78 is 0. The molecular formula is C26H18ClN3O2. The van der Waals surface area contributed by atoms with Crippen LogP contribution in [0.15, 0.2) is 96.7 Å². The average Bonchev–Trinajstić information content (AvgIpc) is 3.39. The SMILES string of the molecule is O=C1/C(=C/c2[nH]ncc2-c2ccc(Cl)cc2)C(=O)N(c2ccccc2)C1c1ccccc1. The minimum atomic E-state index is -0.723. The number of ketones is 1. The standard InChI is InChI=1S/C26H18ClN3O2/c27-19-13-11-17(12-14-19)22-16-28-29-23(22)15-21-25(31)24(18-7-3-1-4-8-18)30(26(21)32)20-9-5-2-6-10-20/h1-16,24H,(H,28,29)/b21-15-. The van der Waals surface area contributed by atoms with Crippen LogP contribution in [0.25, 0.3) is 17.2 Å². The predicted molar refractivity (Wildman–Crippen MR) is 125 cm³/mol. The van der Waals surface area contributed by atoms with Gasteiger partial charge >= 0.3 is 0 Å². The molecule has 1 aromatic heterocycles. The molecule has 1 fully saturated rings. The van der Waals surface area contributed by atoms with Gasteiger partial charge in [-0.2, -0.15) is 5.10 Å². The summed E-state index contributed by atoms with van der Waals surface area (Å²) in [7, 11) is 0. The summed E-state index contributed by atoms with van der Waals surface area (Å²) in [5, 5.41) is 7.67. The van der Waals surface area contributed by atoms with Crippen LogP contribution in [0.3, 0.4) is 0 Å². The highest BCUT2D eigenvalue weighted by Crippen LogP contribution is 2.38. The number of aromatic nitrogens is 2. The first-order valence-electron chi connectivity index (χ1n) is 10.1. The number of nitrogens with one attached hydrogen (secondary N) is 1. The van der Waals surface area contributed by atoms with Crippen LogP contribution >= 0.6 is 11.6 Å². The Morgan fingerprint density at radius 3 is 2.22 bits per heavy atom. The summed E-state index contributed by atoms with van der Waals surface area (Å²) in [5.74, 6) is -0.589. The van der Waals surface area contributed by atoms with Gasteiger partial charge in [-0.15, -0.1) is 0 Å². The molecule has 1 saturated heterocycles. The molecule has 0 bridgehead atoms. The number of nitrogens with zero attached hydrogens (tertiary/aromatic N) is 2. The lowest BCUT2D eigenvalue weighted by atomic mass is 9.99. The topological polar surface area (TPSA) is 66.1 Å². The fourth-order valence-corrected chi connectivity index (χ4v) is 4.08. The first-order valence-corrected chi connectivity index (χ1v) is 10.5. The zero-order valence-electron chi connectivity index (χ0n) is 16.9. The van der Waals surface area contributed by atoms with E-state index in [2.05, 4.69) is 10.2 Å². The van der Waals surface area contributed by atoms with E-state index in [1.54, 1.807) is 29.3 Å². The molecule has 0 radical (unpaired) electrons. The highest BCUT2D eigenvalue weighted by Gasteiger charge is 2.44. The first-order chi connectivity index (χ1) is 15.6. The summed E-state index contributed by atoms with van der Waals surface area (Å²) in [6.07, 6.45) is 3.27. The molecule has 1 unspecified atom stereocenters. The number of carbonyl (C=O) groups is 2. The number of rotatable bonds is 4. The van der Waals surface area contributed by atoms with Crippen LogP contribution in [0, 0.1) is 0 Å². The van der Waals surface area contributed by atoms with Gasteiger partial charge in [-0.05, 0) is 41.5 Å². The number of aromatic amines is 1. The minimum absolute atomic E-state index is 0.113. The summed E-state index contributed by atoms with van der Waals surface area (Å²) in [6.45, 7) is 0. The van der Waals surface area contributed by atoms with E-state index in [4.69, 9.17) is 11.6 Å². The Labute approximate surface area is 190 Å². The van der Waals surface area contributed by atoms with Gasteiger partial charge in [0.25, 0.3) is 5.91 Å². The van der Waals surface area contributed by atoms with Gasteiger partial charge in [0.15, 0.2) is 5.78 Å². The zero-order chi connectivity index (χ0) is 22.1. The van der Waals surface area contributed by atoms with E-state index in [0.29, 0.717) is 16.4 Å². The first kappa shape index (κ1) is 20.0. The normalized spacial score (nSPS) is 17.3. The Kier molecular flexibility index (Phi) is 5.17. The lowest BCUT2D eigenvalue weighted by Crippen LogP contribution is -2.28. The molecule has 1 aliphatic heterocycles. The molecule has 1 amide bonds. The number of hydrogen-bond donors (Lipinski definition) is 1. The smallest absolute Gasteiger partial charge is 0.263 e. The molecule has 3 aromatic carbocycles. The van der Waals surface area contributed by atoms with Gasteiger partial charge in [-0.1, -0.05) is 72.3 Å². The van der Waals surface area contributed by atoms with Crippen molar-refractivity contribution in [2.45, 2.75) is 6.04 Å². The van der Waals surface area contributed by atoms with Crippen molar-refractivity contribution < 1.29 is 9.59 Å². The second-order valence-corrected chi connectivity index (χ2v) is 7.89. The van der Waals surface area contributed by atoms with Crippen molar-refractivity contribution in [1.82, 2.24) is 10.2 Å². The molecule has 156 valence electrons. The lowest BCUT2D eigenvalue weighted by molar-refractivity contribution is -0.116. The van der Waals surface area contributed by atoms with Gasteiger partial charge in [0.2, 0.25) is 0 Å². The molecule has 6 heteroatoms. The van der Waals surface area contributed by atoms with Gasteiger partial charge in [-0.3, -0.25) is 19.6 Å². The van der Waals surface area contributed by atoms with Crippen molar-refractivity contribution in [3.8, 4) is 11.1 Å². The molecule has 32 heavy (non-hydrogen) atoms. The Hall–Kier alpha value is -3.96. The van der Waals surface area contributed by atoms with E-state index in [9.17, 15) is 9.59 Å². The van der Waals surface area contributed by atoms with Crippen LogP contribution in [0.1, 0.15) is 17.3 Å². The van der Waals surface area contributed by atoms with Crippen molar-refractivity contribution in [3.05, 3.63) is 113 Å². The summed E-state index contributed by atoms with van der Waals surface area (Å²) >= 11 is 6.01. The molecule has 1 N–H and O–H groups in total. The number of hydrogen-bond acceptors (Lipinski definition) is 3. The number of carbonyl (C=O) groups excluding carboxylic acids is 2. The van der Waals surface area contributed by atoms with Crippen molar-refractivity contribution in [2.75, 3.05) is 4.90 Å². The second kappa shape index (κ2) is 8.29. The third-order valence-electron chi connectivity index (χ3n) is 5.48. The molecule has 5 rings (SSSR count). The van der Waals surface area contributed by atoms with Crippen LogP contribution in [0.2, 0.25) is 5.02 Å². The van der Waals surface area contributed by atoms with E-state index in [-0.39, 0.29) is 17.3 Å². The number of anilines is 1. The molecule has 5 nitrogen and oxygen atoms in total. The van der Waals surface area contributed by atoms with Crippen LogP contribution in [-0.4, -0.2) is 21.9 Å². The van der Waals surface area contributed by atoms with Crippen molar-refractivity contribution in [2.24, 2.45) is 0 Å². The monoisotopic (exact) mass is 439 g/mol. The number of Topliss-reactive ketones (excluding diaryl/α,β-unsaturated/α-hetero) is 1. The maximum absolute atomic E-state index is 13.5. The van der Waals surface area contributed by atoms with Gasteiger partial charge in [0.05, 0.1) is 17.5 Å². The number of halogens is 1. The molecule has 0 spiro atoms. The molecular weight excluding hydrogens is 422 g/mol. The number of amides is 1. The third-order valence-corrected chi connectivity index (χ3v) is 5.74. The lowest BCUT2D eigenvalue weighted by Gasteiger charge is -2.23. The van der Waals surface area contributed by atoms with E-state index in [0.717, 1.165) is 16.7 Å². The Bertz CT molecular complexity index is 1250. The zero-order valence-corrected chi connectivity index (χ0v) is 17.7. The van der Waals surface area contributed by atoms with Gasteiger partial charge in [0.1, 0.15) is 6.04 Å². The average molecular weight is 440 g/mol. The van der Waals surface area contributed by atoms with E-state index >= 15 is 0 Å². The maximum Gasteiger partial charge on any atom is 0.263 e. The van der Waals surface area contributed by atoms with Crippen LogP contribution < -0.4 is 4.90 Å². The predicted octanol–water partition coefficient (Wildman–Crippen LogP) is 5.47. The summed E-state index contributed by atoms with van der Waals surface area (Å²) in [4.78, 5) is 28.6. The maximum atomic E-state index is 13.5. The third kappa shape index (κ3) is 3.53. The highest BCUT2D eigenvalue weighted by molar-refractivity contribution is 6.35. The fourth-order valence-electron chi connectivity index (χ4n) is 3.95. The van der Waals surface area contributed by atoms with Crippen molar-refractivity contribution in [1.29, 1.82) is 0 Å². The molecule has 1 atom stereocenters. The summed E-state index contributed by atoms with van der Waals surface area (Å²) in [6, 6.07) is 25.2. The van der Waals surface area contributed by atoms with E-state index in [1.807, 2.05) is 72.8 Å². The number of benzene rings is 3. The molecule has 2 heterocycles. The van der Waals surface area contributed by atoms with E-state index < -0.39 is 6.04 Å². The number of H-pyrrole nitrogens is 1. The molecule has 0 saturated carbocycles. The molecule has 1 aliphatic rings. The fraction of sp³-hybridized carbons (Fsp3) is 0.0385. The Morgan fingerprint density at radius 1 is 0.875 bits per heavy atom. The largest absolute Gasteiger partial charge is 0.293 e. The Balaban J connectivity index is 1.61. The van der Waals surface area contributed by atoms with Gasteiger partial charge in [0, 0.05) is 16.3 Å². The number of para-hydroxylation sites is 1. The summed E-state index contributed by atoms with van der Waals surface area (Å²) in [5.41, 5.74) is 3.80. The van der Waals surface area contributed by atoms with Crippen molar-refractivity contribution in [3.63, 3.8) is 0 Å². The molecule has 0 aliphatic carbocycles. The molecule has 4 aromatic rings. The van der Waals surface area contributed by atoms with Crippen LogP contribution in [0.4, 0.5) is 5.69 Å². The van der Waals surface area contributed by atoms with Crippen molar-refractivity contribution >= 4 is 35.1 Å². The van der Waals surface area contributed by atoms with Crippen LogP contribution in [0.5, 0.6) is 0 Å². The van der Waals surface area contributed by atoms with E-state index in [1.165, 1.54) is 0 Å². The van der Waals surface area contributed by atoms with Crippen LogP contribution in [-0.2, 0) is 9.59 Å². The van der Waals surface area contributed by atoms with Gasteiger partial charge < -0.3 is 0 Å². The Morgan fingerprint density at radius 2 is 1.53 bits per heavy atom.